The van der Waals surface area contributed by atoms with Crippen molar-refractivity contribution in [2.45, 2.75) is 0 Å². The van der Waals surface area contributed by atoms with Gasteiger partial charge in [0.1, 0.15) is 11.6 Å². The summed E-state index contributed by atoms with van der Waals surface area (Å²) < 4.78 is 27.3. The van der Waals surface area contributed by atoms with Gasteiger partial charge in [-0.15, -0.1) is 0 Å². The largest absolute Gasteiger partial charge is 0.283 e. The molecule has 0 amide bonds. The van der Waals surface area contributed by atoms with Gasteiger partial charge in [0, 0.05) is 0 Å². The van der Waals surface area contributed by atoms with Crippen molar-refractivity contribution >= 4 is 34.2 Å². The molecule has 16 heavy (non-hydrogen) atoms. The molecule has 0 atom stereocenters. The van der Waals surface area contributed by atoms with Gasteiger partial charge < -0.3 is 0 Å². The van der Waals surface area contributed by atoms with Crippen LogP contribution in [-0.4, -0.2) is 0 Å². The highest BCUT2D eigenvalue weighted by Crippen LogP contribution is 2.29. The highest BCUT2D eigenvalue weighted by molar-refractivity contribution is 14.1. The van der Waals surface area contributed by atoms with E-state index in [1.54, 1.807) is 24.3 Å². The molecule has 0 aromatic heterocycles. The Balaban J connectivity index is 2.28. The number of hydrogen-bond acceptors (Lipinski definition) is 1. The van der Waals surface area contributed by atoms with Crippen molar-refractivity contribution in [3.05, 3.63) is 60.2 Å². The highest BCUT2D eigenvalue weighted by atomic mass is 127. The summed E-state index contributed by atoms with van der Waals surface area (Å²) in [5.74, 6) is -0.541. The molecule has 0 fully saturated rings. The van der Waals surface area contributed by atoms with E-state index in [0.29, 0.717) is 0 Å². The van der Waals surface area contributed by atoms with E-state index >= 15 is 0 Å². The third kappa shape index (κ3) is 2.49. The zero-order chi connectivity index (χ0) is 11.5. The average molecular weight is 331 g/mol. The van der Waals surface area contributed by atoms with E-state index in [-0.39, 0.29) is 11.6 Å². The van der Waals surface area contributed by atoms with Crippen molar-refractivity contribution in [2.75, 3.05) is 3.11 Å². The van der Waals surface area contributed by atoms with Crippen LogP contribution in [0, 0.1) is 11.6 Å². The van der Waals surface area contributed by atoms with E-state index < -0.39 is 0 Å². The lowest BCUT2D eigenvalue weighted by molar-refractivity contribution is 0.628. The molecule has 2 aromatic carbocycles. The molecule has 0 radical (unpaired) electrons. The molecule has 0 saturated carbocycles. The van der Waals surface area contributed by atoms with Gasteiger partial charge in [0.2, 0.25) is 0 Å². The van der Waals surface area contributed by atoms with Crippen molar-refractivity contribution in [1.82, 2.24) is 0 Å². The molecule has 0 saturated heterocycles. The van der Waals surface area contributed by atoms with Crippen molar-refractivity contribution in [2.24, 2.45) is 0 Å². The lowest BCUT2D eigenvalue weighted by Gasteiger charge is -2.16. The van der Waals surface area contributed by atoms with Crippen molar-refractivity contribution < 1.29 is 8.78 Å². The number of anilines is 2. The maximum absolute atomic E-state index is 12.7. The number of benzene rings is 2. The van der Waals surface area contributed by atoms with Gasteiger partial charge >= 0.3 is 0 Å². The van der Waals surface area contributed by atoms with Gasteiger partial charge in [-0.3, -0.25) is 3.11 Å². The minimum atomic E-state index is -0.271. The van der Waals surface area contributed by atoms with Crippen LogP contribution in [0.25, 0.3) is 0 Å². The molecule has 2 rings (SSSR count). The first kappa shape index (κ1) is 11.3. The Kier molecular flexibility index (Phi) is 3.38. The van der Waals surface area contributed by atoms with E-state index in [1.165, 1.54) is 24.3 Å². The Morgan fingerprint density at radius 2 is 1.00 bits per heavy atom. The Morgan fingerprint density at radius 3 is 1.31 bits per heavy atom. The molecule has 0 aliphatic heterocycles. The standard InChI is InChI=1S/C12H8F2IN/c13-9-1-5-11(6-2-9)16(15)12-7-3-10(14)4-8-12/h1-8H. The van der Waals surface area contributed by atoms with Gasteiger partial charge in [0.15, 0.2) is 0 Å². The minimum Gasteiger partial charge on any atom is -0.283 e. The van der Waals surface area contributed by atoms with Gasteiger partial charge in [-0.25, -0.2) is 8.78 Å². The van der Waals surface area contributed by atoms with Gasteiger partial charge in [-0.2, -0.15) is 0 Å². The van der Waals surface area contributed by atoms with E-state index in [0.717, 1.165) is 11.4 Å². The van der Waals surface area contributed by atoms with Crippen LogP contribution in [-0.2, 0) is 0 Å². The van der Waals surface area contributed by atoms with E-state index in [9.17, 15) is 8.78 Å². The summed E-state index contributed by atoms with van der Waals surface area (Å²) in [6.45, 7) is 0. The van der Waals surface area contributed by atoms with Crippen molar-refractivity contribution in [3.8, 4) is 0 Å². The summed E-state index contributed by atoms with van der Waals surface area (Å²) in [5, 5.41) is 0. The van der Waals surface area contributed by atoms with Crippen molar-refractivity contribution in [3.63, 3.8) is 0 Å². The van der Waals surface area contributed by atoms with Crippen LogP contribution in [0.5, 0.6) is 0 Å². The number of halogens is 3. The van der Waals surface area contributed by atoms with E-state index in [1.807, 2.05) is 3.11 Å². The van der Waals surface area contributed by atoms with Crippen LogP contribution in [0.2, 0.25) is 0 Å². The second-order valence-electron chi connectivity index (χ2n) is 3.23. The molecule has 2 aromatic rings. The molecule has 0 heterocycles. The predicted octanol–water partition coefficient (Wildman–Crippen LogP) is 4.45. The SMILES string of the molecule is Fc1ccc(N(I)c2ccc(F)cc2)cc1. The summed E-state index contributed by atoms with van der Waals surface area (Å²) in [5.41, 5.74) is 1.68. The van der Waals surface area contributed by atoms with Gasteiger partial charge in [-0.05, 0) is 48.5 Å². The van der Waals surface area contributed by atoms with Crippen LogP contribution in [0.1, 0.15) is 0 Å². The first-order chi connectivity index (χ1) is 7.66. The van der Waals surface area contributed by atoms with E-state index in [4.69, 9.17) is 0 Å². The molecule has 0 spiro atoms. The zero-order valence-corrected chi connectivity index (χ0v) is 10.4. The maximum Gasteiger partial charge on any atom is 0.123 e. The minimum absolute atomic E-state index is 0.271. The molecule has 0 unspecified atom stereocenters. The summed E-state index contributed by atoms with van der Waals surface area (Å²) in [4.78, 5) is 0. The molecule has 0 N–H and O–H groups in total. The molecule has 0 bridgehead atoms. The highest BCUT2D eigenvalue weighted by Gasteiger charge is 2.05. The molecule has 82 valence electrons. The van der Waals surface area contributed by atoms with Crippen LogP contribution in [0.4, 0.5) is 20.2 Å². The van der Waals surface area contributed by atoms with Gasteiger partial charge in [0.25, 0.3) is 0 Å². The smallest absolute Gasteiger partial charge is 0.123 e. The Bertz CT molecular complexity index is 422. The topological polar surface area (TPSA) is 3.24 Å². The normalized spacial score (nSPS) is 10.2. The summed E-state index contributed by atoms with van der Waals surface area (Å²) in [6, 6.07) is 12.3. The first-order valence-electron chi connectivity index (χ1n) is 4.64. The van der Waals surface area contributed by atoms with Gasteiger partial charge in [0.05, 0.1) is 34.2 Å². The lowest BCUT2D eigenvalue weighted by Crippen LogP contribution is -2.00. The second-order valence-corrected chi connectivity index (χ2v) is 4.20. The number of rotatable bonds is 2. The third-order valence-corrected chi connectivity index (χ3v) is 3.22. The van der Waals surface area contributed by atoms with E-state index in [2.05, 4.69) is 22.9 Å². The number of hydrogen-bond donors (Lipinski definition) is 0. The molecular formula is C12H8F2IN. The monoisotopic (exact) mass is 331 g/mol. The van der Waals surface area contributed by atoms with Crippen LogP contribution >= 0.6 is 22.9 Å². The summed E-state index contributed by atoms with van der Waals surface area (Å²) in [6.07, 6.45) is 0. The third-order valence-electron chi connectivity index (χ3n) is 2.11. The quantitative estimate of drug-likeness (QED) is 0.580. The Labute approximate surface area is 106 Å². The van der Waals surface area contributed by atoms with Crippen LogP contribution in [0.3, 0.4) is 0 Å². The Morgan fingerprint density at radius 1 is 0.688 bits per heavy atom. The first-order valence-corrected chi connectivity index (χ1v) is 5.60. The van der Waals surface area contributed by atoms with Crippen LogP contribution < -0.4 is 3.11 Å². The molecule has 0 aliphatic carbocycles. The zero-order valence-electron chi connectivity index (χ0n) is 8.20. The molecular weight excluding hydrogens is 323 g/mol. The fourth-order valence-corrected chi connectivity index (χ4v) is 1.94. The predicted molar refractivity (Wildman–Crippen MR) is 69.0 cm³/mol. The van der Waals surface area contributed by atoms with Gasteiger partial charge in [-0.1, -0.05) is 0 Å². The molecule has 1 nitrogen and oxygen atoms in total. The average Bonchev–Trinajstić information content (AvgIpc) is 2.30. The molecule has 0 aliphatic rings. The summed E-state index contributed by atoms with van der Waals surface area (Å²) >= 11 is 2.09. The fourth-order valence-electron chi connectivity index (χ4n) is 1.29. The lowest BCUT2D eigenvalue weighted by atomic mass is 10.2. The summed E-state index contributed by atoms with van der Waals surface area (Å²) in [7, 11) is 0. The molecule has 4 heteroatoms. The maximum atomic E-state index is 12.7. The number of nitrogens with zero attached hydrogens (tertiary/aromatic N) is 1. The van der Waals surface area contributed by atoms with Crippen LogP contribution in [0.15, 0.2) is 48.5 Å². The second kappa shape index (κ2) is 4.78. The Hall–Kier alpha value is -1.17. The van der Waals surface area contributed by atoms with Crippen molar-refractivity contribution in [1.29, 1.82) is 0 Å². The fraction of sp³-hybridized carbons (Fsp3) is 0.